The quantitative estimate of drug-likeness (QED) is 0.783. The van der Waals surface area contributed by atoms with Gasteiger partial charge < -0.3 is 5.32 Å². The van der Waals surface area contributed by atoms with Gasteiger partial charge in [0.05, 0.1) is 0 Å². The number of hydrogen-bond acceptors (Lipinski definition) is 2. The Labute approximate surface area is 115 Å². The van der Waals surface area contributed by atoms with Crippen molar-refractivity contribution < 1.29 is 4.79 Å². The average molecular weight is 257 g/mol. The van der Waals surface area contributed by atoms with Gasteiger partial charge in [-0.1, -0.05) is 32.9 Å². The molecular weight excluding hydrogens is 234 g/mol. The smallest absolute Gasteiger partial charge is 0.159 e. The maximum Gasteiger partial charge on any atom is 0.159 e. The summed E-state index contributed by atoms with van der Waals surface area (Å²) < 4.78 is 0. The van der Waals surface area contributed by atoms with Crippen molar-refractivity contribution in [2.24, 2.45) is 5.41 Å². The van der Waals surface area contributed by atoms with E-state index >= 15 is 0 Å². The molecule has 0 spiro atoms. The van der Waals surface area contributed by atoms with E-state index in [0.717, 1.165) is 18.5 Å². The highest BCUT2D eigenvalue weighted by molar-refractivity contribution is 5.94. The summed E-state index contributed by atoms with van der Waals surface area (Å²) in [6, 6.07) is 6.84. The van der Waals surface area contributed by atoms with Crippen molar-refractivity contribution in [3.05, 3.63) is 34.9 Å². The normalized spacial score (nSPS) is 31.7. The lowest BCUT2D eigenvalue weighted by Gasteiger charge is -2.57. The van der Waals surface area contributed by atoms with Crippen molar-refractivity contribution in [2.45, 2.75) is 52.0 Å². The van der Waals surface area contributed by atoms with Crippen molar-refractivity contribution in [1.29, 1.82) is 0 Å². The van der Waals surface area contributed by atoms with Crippen molar-refractivity contribution in [3.63, 3.8) is 0 Å². The molecule has 2 atom stereocenters. The molecule has 2 bridgehead atoms. The lowest BCUT2D eigenvalue weighted by atomic mass is 9.51. The van der Waals surface area contributed by atoms with Gasteiger partial charge >= 0.3 is 0 Å². The molecule has 102 valence electrons. The number of carbonyl (C=O) groups is 1. The summed E-state index contributed by atoms with van der Waals surface area (Å²) >= 11 is 0. The number of benzene rings is 1. The Morgan fingerprint density at radius 1 is 1.32 bits per heavy atom. The number of Topliss-reactive ketones (excluding diaryl/α,β-unsaturated/α-hetero) is 1. The summed E-state index contributed by atoms with van der Waals surface area (Å²) in [5.74, 6) is 0.163. The van der Waals surface area contributed by atoms with Crippen LogP contribution < -0.4 is 5.32 Å². The number of piperidine rings is 1. The fourth-order valence-electron chi connectivity index (χ4n) is 4.01. The fourth-order valence-corrected chi connectivity index (χ4v) is 4.01. The Bertz CT molecular complexity index is 546. The average Bonchev–Trinajstić information content (AvgIpc) is 2.32. The van der Waals surface area contributed by atoms with Gasteiger partial charge in [-0.2, -0.15) is 0 Å². The molecule has 1 saturated heterocycles. The van der Waals surface area contributed by atoms with E-state index in [1.54, 1.807) is 6.92 Å². The van der Waals surface area contributed by atoms with E-state index in [1.165, 1.54) is 17.5 Å². The molecule has 0 unspecified atom stereocenters. The Balaban J connectivity index is 2.17. The molecule has 3 rings (SSSR count). The molecule has 1 aliphatic carbocycles. The van der Waals surface area contributed by atoms with E-state index in [9.17, 15) is 4.79 Å². The molecule has 1 heterocycles. The predicted octanol–water partition coefficient (Wildman–Crippen LogP) is 3.09. The minimum atomic E-state index is 0.163. The second-order valence-electron chi connectivity index (χ2n) is 6.94. The molecule has 2 nitrogen and oxygen atoms in total. The third-order valence-corrected chi connectivity index (χ3v) is 5.84. The highest BCUT2D eigenvalue weighted by Gasteiger charge is 2.53. The highest BCUT2D eigenvalue weighted by Crippen LogP contribution is 2.53. The van der Waals surface area contributed by atoms with Crippen LogP contribution in [0.2, 0.25) is 0 Å². The Hall–Kier alpha value is -1.15. The molecule has 1 aliphatic heterocycles. The first kappa shape index (κ1) is 12.9. The molecule has 0 saturated carbocycles. The number of fused-ring (bicyclic) bond motifs is 4. The first-order valence-electron chi connectivity index (χ1n) is 7.24. The van der Waals surface area contributed by atoms with Gasteiger partial charge in [-0.3, -0.25) is 4.79 Å². The largest absolute Gasteiger partial charge is 0.313 e. The first-order chi connectivity index (χ1) is 8.86. The maximum atomic E-state index is 11.6. The van der Waals surface area contributed by atoms with Crippen LogP contribution in [0.25, 0.3) is 0 Å². The Kier molecular flexibility index (Phi) is 2.66. The van der Waals surface area contributed by atoms with Gasteiger partial charge in [0.15, 0.2) is 5.78 Å². The number of carbonyl (C=O) groups excluding carboxylic acids is 1. The monoisotopic (exact) mass is 257 g/mol. The topological polar surface area (TPSA) is 29.1 Å². The van der Waals surface area contributed by atoms with Gasteiger partial charge in [-0.05, 0) is 48.9 Å². The van der Waals surface area contributed by atoms with Crippen LogP contribution >= 0.6 is 0 Å². The molecule has 1 aromatic rings. The van der Waals surface area contributed by atoms with Crippen LogP contribution in [0.3, 0.4) is 0 Å². The van der Waals surface area contributed by atoms with E-state index in [4.69, 9.17) is 0 Å². The molecule has 1 fully saturated rings. The van der Waals surface area contributed by atoms with E-state index in [1.807, 2.05) is 6.07 Å². The van der Waals surface area contributed by atoms with Crippen molar-refractivity contribution >= 4 is 5.78 Å². The maximum absolute atomic E-state index is 11.6. The van der Waals surface area contributed by atoms with Crippen LogP contribution in [0.4, 0.5) is 0 Å². The SMILES string of the molecule is CC(=O)c1ccc2c(c1)C[C@H]1NCC[C@]2(C)C1(C)C. The van der Waals surface area contributed by atoms with Crippen LogP contribution in [-0.4, -0.2) is 18.4 Å². The fraction of sp³-hybridized carbons (Fsp3) is 0.588. The van der Waals surface area contributed by atoms with Gasteiger partial charge in [0.2, 0.25) is 0 Å². The highest BCUT2D eigenvalue weighted by atomic mass is 16.1. The molecule has 1 N–H and O–H groups in total. The van der Waals surface area contributed by atoms with Gasteiger partial charge in [0, 0.05) is 17.0 Å². The molecule has 1 aromatic carbocycles. The zero-order chi connectivity index (χ0) is 13.8. The molecule has 0 amide bonds. The lowest BCUT2D eigenvalue weighted by molar-refractivity contribution is 0.0559. The molecule has 0 aromatic heterocycles. The number of nitrogens with one attached hydrogen (secondary N) is 1. The van der Waals surface area contributed by atoms with Crippen molar-refractivity contribution in [2.75, 3.05) is 6.54 Å². The summed E-state index contributed by atoms with van der Waals surface area (Å²) in [6.07, 6.45) is 2.21. The summed E-state index contributed by atoms with van der Waals surface area (Å²) in [5.41, 5.74) is 4.15. The standard InChI is InChI=1S/C17H23NO/c1-11(19)12-5-6-14-13(9-12)10-15-16(2,3)17(14,4)7-8-18-15/h5-6,9,15,18H,7-8,10H2,1-4H3/t15-,17+/m1/s1. The summed E-state index contributed by atoms with van der Waals surface area (Å²) in [6.45, 7) is 9.90. The van der Waals surface area contributed by atoms with Gasteiger partial charge in [0.25, 0.3) is 0 Å². The van der Waals surface area contributed by atoms with Crippen molar-refractivity contribution in [3.8, 4) is 0 Å². The molecule has 0 radical (unpaired) electrons. The summed E-state index contributed by atoms with van der Waals surface area (Å²) in [7, 11) is 0. The minimum Gasteiger partial charge on any atom is -0.313 e. The Morgan fingerprint density at radius 2 is 2.05 bits per heavy atom. The van der Waals surface area contributed by atoms with Crippen LogP contribution in [-0.2, 0) is 11.8 Å². The van der Waals surface area contributed by atoms with E-state index in [-0.39, 0.29) is 16.6 Å². The summed E-state index contributed by atoms with van der Waals surface area (Å²) in [5, 5.41) is 3.67. The van der Waals surface area contributed by atoms with E-state index in [0.29, 0.717) is 6.04 Å². The van der Waals surface area contributed by atoms with Gasteiger partial charge in [-0.15, -0.1) is 0 Å². The van der Waals surface area contributed by atoms with E-state index in [2.05, 4.69) is 38.2 Å². The Morgan fingerprint density at radius 3 is 2.74 bits per heavy atom. The van der Waals surface area contributed by atoms with Gasteiger partial charge in [-0.25, -0.2) is 0 Å². The molecule has 2 heteroatoms. The summed E-state index contributed by atoms with van der Waals surface area (Å²) in [4.78, 5) is 11.6. The molecular formula is C17H23NO. The van der Waals surface area contributed by atoms with Gasteiger partial charge in [0.1, 0.15) is 0 Å². The van der Waals surface area contributed by atoms with E-state index < -0.39 is 0 Å². The van der Waals surface area contributed by atoms with Crippen LogP contribution in [0, 0.1) is 5.41 Å². The third-order valence-electron chi connectivity index (χ3n) is 5.84. The molecule has 19 heavy (non-hydrogen) atoms. The zero-order valence-electron chi connectivity index (χ0n) is 12.3. The van der Waals surface area contributed by atoms with Crippen LogP contribution in [0.5, 0.6) is 0 Å². The zero-order valence-corrected chi connectivity index (χ0v) is 12.3. The molecule has 2 aliphatic rings. The lowest BCUT2D eigenvalue weighted by Crippen LogP contribution is -2.62. The second kappa shape index (κ2) is 3.92. The minimum absolute atomic E-state index is 0.163. The third kappa shape index (κ3) is 1.62. The predicted molar refractivity (Wildman–Crippen MR) is 77.7 cm³/mol. The van der Waals surface area contributed by atoms with Crippen LogP contribution in [0.1, 0.15) is 55.6 Å². The second-order valence-corrected chi connectivity index (χ2v) is 6.94. The van der Waals surface area contributed by atoms with Crippen LogP contribution in [0.15, 0.2) is 18.2 Å². The number of rotatable bonds is 1. The van der Waals surface area contributed by atoms with Crippen molar-refractivity contribution in [1.82, 2.24) is 5.32 Å². The number of hydrogen-bond donors (Lipinski definition) is 1. The first-order valence-corrected chi connectivity index (χ1v) is 7.24. The number of ketones is 1.